The Labute approximate surface area is 132 Å². The average Bonchev–Trinajstić information content (AvgIpc) is 2.97. The fourth-order valence-corrected chi connectivity index (χ4v) is 3.88. The van der Waals surface area contributed by atoms with Gasteiger partial charge in [-0.2, -0.15) is 5.26 Å². The van der Waals surface area contributed by atoms with Gasteiger partial charge in [0.15, 0.2) is 0 Å². The van der Waals surface area contributed by atoms with E-state index in [2.05, 4.69) is 5.32 Å². The predicted molar refractivity (Wildman–Crippen MR) is 84.8 cm³/mol. The van der Waals surface area contributed by atoms with Crippen LogP contribution in [0, 0.1) is 11.3 Å². The summed E-state index contributed by atoms with van der Waals surface area (Å²) in [5.74, 6) is -0.132. The summed E-state index contributed by atoms with van der Waals surface area (Å²) in [7, 11) is 0. The summed E-state index contributed by atoms with van der Waals surface area (Å²) in [5.41, 5.74) is 2.19. The van der Waals surface area contributed by atoms with Crippen LogP contribution in [0.3, 0.4) is 0 Å². The van der Waals surface area contributed by atoms with E-state index in [1.54, 1.807) is 29.5 Å². The highest BCUT2D eigenvalue weighted by atomic mass is 35.5. The number of nitrogens with zero attached hydrogens (tertiary/aromatic N) is 1. The Balaban J connectivity index is 1.81. The summed E-state index contributed by atoms with van der Waals surface area (Å²) in [5, 5.41) is 14.2. The summed E-state index contributed by atoms with van der Waals surface area (Å²) < 4.78 is 0. The topological polar surface area (TPSA) is 52.9 Å². The quantitative estimate of drug-likeness (QED) is 0.896. The van der Waals surface area contributed by atoms with Crippen LogP contribution < -0.4 is 5.32 Å². The van der Waals surface area contributed by atoms with Crippen molar-refractivity contribution < 1.29 is 4.79 Å². The van der Waals surface area contributed by atoms with Gasteiger partial charge in [-0.25, -0.2) is 0 Å². The standard InChI is InChI=1S/C16H13ClN2OS/c17-13-8-10(9-18)4-5-14(13)19-16(20)12-2-1-3-15-11(12)6-7-21-15/h4-8,12H,1-3H2,(H,19,20). The van der Waals surface area contributed by atoms with Crippen molar-refractivity contribution in [2.45, 2.75) is 25.2 Å². The van der Waals surface area contributed by atoms with Crippen LogP contribution in [0.25, 0.3) is 0 Å². The second-order valence-electron chi connectivity index (χ2n) is 5.04. The van der Waals surface area contributed by atoms with E-state index in [0.717, 1.165) is 24.8 Å². The molecule has 0 saturated heterocycles. The van der Waals surface area contributed by atoms with Crippen molar-refractivity contribution in [3.05, 3.63) is 50.7 Å². The van der Waals surface area contributed by atoms with Crippen LogP contribution in [0.2, 0.25) is 5.02 Å². The van der Waals surface area contributed by atoms with E-state index in [1.807, 2.05) is 17.5 Å². The van der Waals surface area contributed by atoms with Crippen LogP contribution in [-0.4, -0.2) is 5.91 Å². The number of fused-ring (bicyclic) bond motifs is 1. The van der Waals surface area contributed by atoms with Gasteiger partial charge in [-0.05, 0) is 54.5 Å². The molecule has 3 nitrogen and oxygen atoms in total. The summed E-state index contributed by atoms with van der Waals surface area (Å²) in [6, 6.07) is 8.96. The van der Waals surface area contributed by atoms with Crippen molar-refractivity contribution in [3.63, 3.8) is 0 Å². The third-order valence-electron chi connectivity index (χ3n) is 3.72. The number of carbonyl (C=O) groups is 1. The molecule has 0 spiro atoms. The molecule has 2 aromatic rings. The Morgan fingerprint density at radius 1 is 1.43 bits per heavy atom. The van der Waals surface area contributed by atoms with E-state index in [9.17, 15) is 4.79 Å². The fourth-order valence-electron chi connectivity index (χ4n) is 2.66. The minimum atomic E-state index is -0.105. The van der Waals surface area contributed by atoms with Crippen LogP contribution in [-0.2, 0) is 11.2 Å². The molecule has 1 aliphatic rings. The molecule has 0 aliphatic heterocycles. The third kappa shape index (κ3) is 2.80. The monoisotopic (exact) mass is 316 g/mol. The highest BCUT2D eigenvalue weighted by molar-refractivity contribution is 7.10. The number of carbonyl (C=O) groups excluding carboxylic acids is 1. The summed E-state index contributed by atoms with van der Waals surface area (Å²) in [6.07, 6.45) is 2.96. The first kappa shape index (κ1) is 14.1. The molecule has 0 radical (unpaired) electrons. The van der Waals surface area contributed by atoms with Gasteiger partial charge in [-0.3, -0.25) is 4.79 Å². The molecular weight excluding hydrogens is 304 g/mol. The molecule has 0 saturated carbocycles. The molecule has 5 heteroatoms. The molecule has 1 aromatic heterocycles. The van der Waals surface area contributed by atoms with Crippen LogP contribution in [0.5, 0.6) is 0 Å². The van der Waals surface area contributed by atoms with Gasteiger partial charge in [0.05, 0.1) is 28.3 Å². The number of aryl methyl sites for hydroxylation is 1. The number of nitrogens with one attached hydrogen (secondary N) is 1. The fraction of sp³-hybridized carbons (Fsp3) is 0.250. The third-order valence-corrected chi connectivity index (χ3v) is 5.03. The lowest BCUT2D eigenvalue weighted by Crippen LogP contribution is -2.24. The summed E-state index contributed by atoms with van der Waals surface area (Å²) in [4.78, 5) is 13.8. The highest BCUT2D eigenvalue weighted by Gasteiger charge is 2.27. The first-order valence-electron chi connectivity index (χ1n) is 6.76. The number of rotatable bonds is 2. The Kier molecular flexibility index (Phi) is 3.96. The zero-order valence-electron chi connectivity index (χ0n) is 11.2. The molecule has 1 unspecified atom stereocenters. The largest absolute Gasteiger partial charge is 0.324 e. The molecule has 0 fully saturated rings. The Bertz CT molecular complexity index is 732. The SMILES string of the molecule is N#Cc1ccc(NC(=O)C2CCCc3sccc32)c(Cl)c1. The molecule has 0 bridgehead atoms. The van der Waals surface area contributed by atoms with Crippen molar-refractivity contribution in [2.24, 2.45) is 0 Å². The molecule has 1 N–H and O–H groups in total. The van der Waals surface area contributed by atoms with Gasteiger partial charge in [0.1, 0.15) is 0 Å². The molecule has 106 valence electrons. The van der Waals surface area contributed by atoms with E-state index in [4.69, 9.17) is 16.9 Å². The number of anilines is 1. The highest BCUT2D eigenvalue weighted by Crippen LogP contribution is 2.36. The van der Waals surface area contributed by atoms with Crippen LogP contribution in [0.4, 0.5) is 5.69 Å². The molecule has 3 rings (SSSR count). The Morgan fingerprint density at radius 3 is 3.05 bits per heavy atom. The van der Waals surface area contributed by atoms with Gasteiger partial charge < -0.3 is 5.32 Å². The molecule has 21 heavy (non-hydrogen) atoms. The Hall–Kier alpha value is -1.83. The van der Waals surface area contributed by atoms with Crippen molar-refractivity contribution >= 4 is 34.5 Å². The van der Waals surface area contributed by atoms with E-state index in [1.165, 1.54) is 4.88 Å². The molecule has 1 aromatic carbocycles. The maximum Gasteiger partial charge on any atom is 0.231 e. The predicted octanol–water partition coefficient (Wildman–Crippen LogP) is 4.33. The van der Waals surface area contributed by atoms with E-state index in [-0.39, 0.29) is 11.8 Å². The second-order valence-corrected chi connectivity index (χ2v) is 6.45. The maximum atomic E-state index is 12.5. The number of benzene rings is 1. The van der Waals surface area contributed by atoms with E-state index in [0.29, 0.717) is 16.3 Å². The van der Waals surface area contributed by atoms with E-state index >= 15 is 0 Å². The van der Waals surface area contributed by atoms with Crippen molar-refractivity contribution in [1.29, 1.82) is 5.26 Å². The van der Waals surface area contributed by atoms with Crippen LogP contribution >= 0.6 is 22.9 Å². The van der Waals surface area contributed by atoms with Crippen LogP contribution in [0.15, 0.2) is 29.6 Å². The maximum absolute atomic E-state index is 12.5. The molecule has 1 amide bonds. The van der Waals surface area contributed by atoms with Gasteiger partial charge in [0.2, 0.25) is 5.91 Å². The minimum absolute atomic E-state index is 0.0269. The van der Waals surface area contributed by atoms with Crippen LogP contribution in [0.1, 0.15) is 34.8 Å². The molecule has 1 atom stereocenters. The number of thiophene rings is 1. The van der Waals surface area contributed by atoms with Gasteiger partial charge in [0, 0.05) is 4.88 Å². The van der Waals surface area contributed by atoms with Gasteiger partial charge in [-0.1, -0.05) is 11.6 Å². The zero-order valence-corrected chi connectivity index (χ0v) is 12.8. The molecule has 1 heterocycles. The molecule has 1 aliphatic carbocycles. The first-order valence-corrected chi connectivity index (χ1v) is 8.01. The average molecular weight is 317 g/mol. The number of hydrogen-bond acceptors (Lipinski definition) is 3. The number of hydrogen-bond donors (Lipinski definition) is 1. The van der Waals surface area contributed by atoms with Gasteiger partial charge >= 0.3 is 0 Å². The number of halogens is 1. The van der Waals surface area contributed by atoms with Gasteiger partial charge in [-0.15, -0.1) is 11.3 Å². The van der Waals surface area contributed by atoms with E-state index < -0.39 is 0 Å². The normalized spacial score (nSPS) is 16.9. The lowest BCUT2D eigenvalue weighted by atomic mass is 9.87. The zero-order chi connectivity index (χ0) is 14.8. The smallest absolute Gasteiger partial charge is 0.231 e. The second kappa shape index (κ2) is 5.88. The first-order chi connectivity index (χ1) is 10.2. The van der Waals surface area contributed by atoms with Crippen molar-refractivity contribution in [1.82, 2.24) is 0 Å². The Morgan fingerprint density at radius 2 is 2.29 bits per heavy atom. The lowest BCUT2D eigenvalue weighted by molar-refractivity contribution is -0.117. The summed E-state index contributed by atoms with van der Waals surface area (Å²) in [6.45, 7) is 0. The van der Waals surface area contributed by atoms with Crippen molar-refractivity contribution in [2.75, 3.05) is 5.32 Å². The van der Waals surface area contributed by atoms with Gasteiger partial charge in [0.25, 0.3) is 0 Å². The minimum Gasteiger partial charge on any atom is -0.324 e. The number of amides is 1. The molecular formula is C16H13ClN2OS. The number of nitriles is 1. The lowest BCUT2D eigenvalue weighted by Gasteiger charge is -2.22. The summed E-state index contributed by atoms with van der Waals surface area (Å²) >= 11 is 7.83. The van der Waals surface area contributed by atoms with Crippen molar-refractivity contribution in [3.8, 4) is 6.07 Å².